The molecule has 23 heavy (non-hydrogen) atoms. The molecule has 1 unspecified atom stereocenters. The molecule has 2 aromatic rings. The Morgan fingerprint density at radius 1 is 1.39 bits per heavy atom. The van der Waals surface area contributed by atoms with E-state index < -0.39 is 6.10 Å². The van der Waals surface area contributed by atoms with Gasteiger partial charge in [-0.05, 0) is 36.8 Å². The highest BCUT2D eigenvalue weighted by atomic mass is 16.3. The van der Waals surface area contributed by atoms with E-state index in [4.69, 9.17) is 0 Å². The first-order valence-corrected chi connectivity index (χ1v) is 8.05. The summed E-state index contributed by atoms with van der Waals surface area (Å²) < 4.78 is 2.01. The zero-order valence-electron chi connectivity index (χ0n) is 13.2. The molecule has 0 saturated heterocycles. The van der Waals surface area contributed by atoms with Crippen LogP contribution in [0.5, 0.6) is 0 Å². The van der Waals surface area contributed by atoms with Crippen molar-refractivity contribution in [2.75, 3.05) is 0 Å². The number of aliphatic hydroxyl groups is 1. The minimum absolute atomic E-state index is 0.128. The Kier molecular flexibility index (Phi) is 4.71. The maximum Gasteiger partial charge on any atom is 0.251 e. The van der Waals surface area contributed by atoms with E-state index in [1.807, 2.05) is 17.7 Å². The molecule has 0 spiro atoms. The molecule has 2 heterocycles. The molecule has 3 atom stereocenters. The number of amides is 1. The number of nitrogens with one attached hydrogen (secondary N) is 1. The third-order valence-corrected chi connectivity index (χ3v) is 4.50. The van der Waals surface area contributed by atoms with Gasteiger partial charge in [0.25, 0.3) is 5.91 Å². The summed E-state index contributed by atoms with van der Waals surface area (Å²) in [4.78, 5) is 20.6. The summed E-state index contributed by atoms with van der Waals surface area (Å²) in [5.41, 5.74) is 1.57. The van der Waals surface area contributed by atoms with Crippen molar-refractivity contribution in [1.29, 1.82) is 0 Å². The van der Waals surface area contributed by atoms with Gasteiger partial charge in [0.1, 0.15) is 0 Å². The third kappa shape index (κ3) is 3.59. The van der Waals surface area contributed by atoms with Crippen molar-refractivity contribution in [1.82, 2.24) is 19.9 Å². The fraction of sp³-hybridized carbons (Fsp3) is 0.471. The monoisotopic (exact) mass is 314 g/mol. The molecule has 3 rings (SSSR count). The Hall–Kier alpha value is -2.21. The van der Waals surface area contributed by atoms with Crippen molar-refractivity contribution in [3.05, 3.63) is 48.3 Å². The highest BCUT2D eigenvalue weighted by molar-refractivity contribution is 5.95. The predicted molar refractivity (Wildman–Crippen MR) is 85.8 cm³/mol. The van der Waals surface area contributed by atoms with Gasteiger partial charge in [-0.3, -0.25) is 9.78 Å². The maximum absolute atomic E-state index is 12.5. The van der Waals surface area contributed by atoms with Crippen molar-refractivity contribution >= 4 is 5.91 Å². The van der Waals surface area contributed by atoms with Gasteiger partial charge in [0.15, 0.2) is 0 Å². The average molecular weight is 314 g/mol. The Balaban J connectivity index is 1.62. The highest BCUT2D eigenvalue weighted by Gasteiger charge is 2.34. The van der Waals surface area contributed by atoms with E-state index in [0.29, 0.717) is 17.9 Å². The molecular weight excluding hydrogens is 292 g/mol. The van der Waals surface area contributed by atoms with E-state index in [0.717, 1.165) is 24.9 Å². The first-order valence-electron chi connectivity index (χ1n) is 8.05. The number of aromatic nitrogens is 3. The van der Waals surface area contributed by atoms with E-state index in [9.17, 15) is 9.90 Å². The summed E-state index contributed by atoms with van der Waals surface area (Å²) >= 11 is 0. The van der Waals surface area contributed by atoms with E-state index >= 15 is 0 Å². The van der Waals surface area contributed by atoms with Gasteiger partial charge in [-0.2, -0.15) is 0 Å². The maximum atomic E-state index is 12.5. The molecule has 0 radical (unpaired) electrons. The summed E-state index contributed by atoms with van der Waals surface area (Å²) in [5, 5.41) is 13.2. The molecule has 1 amide bonds. The number of rotatable bonds is 5. The van der Waals surface area contributed by atoms with Crippen LogP contribution in [-0.4, -0.2) is 37.7 Å². The summed E-state index contributed by atoms with van der Waals surface area (Å²) in [6.07, 6.45) is 10.5. The molecule has 2 aromatic heterocycles. The topological polar surface area (TPSA) is 80.0 Å². The van der Waals surface area contributed by atoms with Crippen LogP contribution >= 0.6 is 0 Å². The number of hydrogen-bond donors (Lipinski definition) is 2. The Morgan fingerprint density at radius 3 is 3.00 bits per heavy atom. The number of pyridine rings is 1. The van der Waals surface area contributed by atoms with E-state index in [-0.39, 0.29) is 11.9 Å². The van der Waals surface area contributed by atoms with Gasteiger partial charge in [-0.15, -0.1) is 0 Å². The highest BCUT2D eigenvalue weighted by Crippen LogP contribution is 2.28. The van der Waals surface area contributed by atoms with Gasteiger partial charge in [0.05, 0.1) is 18.5 Å². The van der Waals surface area contributed by atoms with Gasteiger partial charge < -0.3 is 15.0 Å². The van der Waals surface area contributed by atoms with Crippen LogP contribution in [0.25, 0.3) is 0 Å². The summed E-state index contributed by atoms with van der Waals surface area (Å²) in [6.45, 7) is 2.82. The number of carbonyl (C=O) groups excluding carboxylic acids is 1. The fourth-order valence-corrected chi connectivity index (χ4v) is 3.29. The normalized spacial score (nSPS) is 23.8. The molecule has 1 aliphatic rings. The molecule has 0 aliphatic heterocycles. The van der Waals surface area contributed by atoms with Crippen LogP contribution in [-0.2, 0) is 13.0 Å². The number of aliphatic hydroxyl groups excluding tert-OH is 1. The van der Waals surface area contributed by atoms with Crippen LogP contribution in [0, 0.1) is 5.92 Å². The molecule has 2 N–H and O–H groups in total. The second-order valence-electron chi connectivity index (χ2n) is 6.13. The number of nitrogens with zero attached hydrogens (tertiary/aromatic N) is 3. The molecule has 0 aromatic carbocycles. The molecule has 6 heteroatoms. The zero-order chi connectivity index (χ0) is 16.2. The Bertz CT molecular complexity index is 656. The molecule has 0 bridgehead atoms. The molecule has 122 valence electrons. The van der Waals surface area contributed by atoms with Crippen LogP contribution in [0.2, 0.25) is 0 Å². The number of carbonyl (C=O) groups is 1. The van der Waals surface area contributed by atoms with Crippen LogP contribution in [0.15, 0.2) is 37.2 Å². The van der Waals surface area contributed by atoms with Crippen molar-refractivity contribution in [3.63, 3.8) is 0 Å². The lowest BCUT2D eigenvalue weighted by molar-refractivity contribution is 0.0872. The van der Waals surface area contributed by atoms with E-state index in [2.05, 4.69) is 15.3 Å². The number of imidazole rings is 1. The van der Waals surface area contributed by atoms with Gasteiger partial charge in [0.2, 0.25) is 0 Å². The van der Waals surface area contributed by atoms with Crippen molar-refractivity contribution in [2.24, 2.45) is 5.92 Å². The van der Waals surface area contributed by atoms with Crippen molar-refractivity contribution < 1.29 is 9.90 Å². The van der Waals surface area contributed by atoms with Gasteiger partial charge in [-0.1, -0.05) is 6.92 Å². The number of hydrogen-bond acceptors (Lipinski definition) is 4. The zero-order valence-corrected chi connectivity index (χ0v) is 13.2. The second-order valence-corrected chi connectivity index (χ2v) is 6.13. The smallest absolute Gasteiger partial charge is 0.251 e. The SMILES string of the molecule is CCc1cnccc1C(=O)N[C@@H]1CC(Cn2ccnc2)C[C@H]1O. The predicted octanol–water partition coefficient (Wildman–Crippen LogP) is 1.41. The lowest BCUT2D eigenvalue weighted by Crippen LogP contribution is -2.40. The van der Waals surface area contributed by atoms with Crippen molar-refractivity contribution in [2.45, 2.75) is 44.9 Å². The molecule has 6 nitrogen and oxygen atoms in total. The summed E-state index contributed by atoms with van der Waals surface area (Å²) in [7, 11) is 0. The minimum atomic E-state index is -0.501. The van der Waals surface area contributed by atoms with Gasteiger partial charge in [0, 0.05) is 36.9 Å². The van der Waals surface area contributed by atoms with Crippen LogP contribution in [0.3, 0.4) is 0 Å². The average Bonchev–Trinajstić information content (AvgIpc) is 3.18. The van der Waals surface area contributed by atoms with Gasteiger partial charge in [-0.25, -0.2) is 4.98 Å². The number of aryl methyl sites for hydroxylation is 1. The summed E-state index contributed by atoms with van der Waals surface area (Å²) in [6, 6.07) is 1.53. The standard InChI is InChI=1S/C17H22N4O2/c1-2-13-9-18-4-3-14(13)17(23)20-15-7-12(8-16(15)22)10-21-6-5-19-11-21/h3-6,9,11-12,15-16,22H,2,7-8,10H2,1H3,(H,20,23)/t12?,15-,16-/m1/s1. The van der Waals surface area contributed by atoms with E-state index in [1.54, 1.807) is 31.0 Å². The van der Waals surface area contributed by atoms with Crippen molar-refractivity contribution in [3.8, 4) is 0 Å². The lowest BCUT2D eigenvalue weighted by Gasteiger charge is -2.17. The molecule has 1 aliphatic carbocycles. The third-order valence-electron chi connectivity index (χ3n) is 4.50. The minimum Gasteiger partial charge on any atom is -0.391 e. The molecule has 1 saturated carbocycles. The first kappa shape index (κ1) is 15.7. The van der Waals surface area contributed by atoms with Crippen LogP contribution < -0.4 is 5.32 Å². The summed E-state index contributed by atoms with van der Waals surface area (Å²) in [5.74, 6) is 0.212. The fourth-order valence-electron chi connectivity index (χ4n) is 3.29. The molecular formula is C17H22N4O2. The Labute approximate surface area is 135 Å². The van der Waals surface area contributed by atoms with Crippen LogP contribution in [0.4, 0.5) is 0 Å². The van der Waals surface area contributed by atoms with Gasteiger partial charge >= 0.3 is 0 Å². The largest absolute Gasteiger partial charge is 0.391 e. The molecule has 1 fully saturated rings. The lowest BCUT2D eigenvalue weighted by atomic mass is 10.1. The van der Waals surface area contributed by atoms with Crippen LogP contribution in [0.1, 0.15) is 35.7 Å². The van der Waals surface area contributed by atoms with E-state index in [1.165, 1.54) is 0 Å². The quantitative estimate of drug-likeness (QED) is 0.874. The second kappa shape index (κ2) is 6.91. The first-order chi connectivity index (χ1) is 11.2. The Morgan fingerprint density at radius 2 is 2.26 bits per heavy atom.